The summed E-state index contributed by atoms with van der Waals surface area (Å²) in [5.74, 6) is -0.662. The number of nitrogens with one attached hydrogen (secondary N) is 1. The van der Waals surface area contributed by atoms with Gasteiger partial charge in [0.05, 0.1) is 7.11 Å². The van der Waals surface area contributed by atoms with Crippen LogP contribution >= 0.6 is 0 Å². The summed E-state index contributed by atoms with van der Waals surface area (Å²) in [6.45, 7) is 11.7. The molecule has 0 aliphatic heterocycles. The van der Waals surface area contributed by atoms with Gasteiger partial charge in [0.15, 0.2) is 0 Å². The minimum Gasteiger partial charge on any atom is -0.507 e. The van der Waals surface area contributed by atoms with E-state index in [4.69, 9.17) is 0 Å². The Morgan fingerprint density at radius 1 is 1.04 bits per heavy atom. The van der Waals surface area contributed by atoms with Crippen LogP contribution in [-0.4, -0.2) is 30.6 Å². The van der Waals surface area contributed by atoms with Crippen LogP contribution < -0.4 is 5.32 Å². The second kappa shape index (κ2) is 6.60. The first-order chi connectivity index (χ1) is 10.4. The second-order valence-corrected chi connectivity index (χ2v) is 7.68. The number of hydrogen-bond donors (Lipinski definition) is 2. The molecule has 0 saturated heterocycles. The van der Waals surface area contributed by atoms with Crippen LogP contribution in [0.25, 0.3) is 0 Å². The molecule has 1 aromatic rings. The van der Waals surface area contributed by atoms with Crippen molar-refractivity contribution in [2.45, 2.75) is 52.4 Å². The molecule has 0 aliphatic rings. The van der Waals surface area contributed by atoms with E-state index in [9.17, 15) is 14.7 Å². The van der Waals surface area contributed by atoms with Gasteiger partial charge in [-0.15, -0.1) is 0 Å². The highest BCUT2D eigenvalue weighted by molar-refractivity contribution is 5.96. The maximum absolute atomic E-state index is 12.3. The number of phenols is 1. The quantitative estimate of drug-likeness (QED) is 0.839. The average Bonchev–Trinajstić information content (AvgIpc) is 2.41. The summed E-state index contributed by atoms with van der Waals surface area (Å²) < 4.78 is 4.52. The van der Waals surface area contributed by atoms with Gasteiger partial charge in [0.2, 0.25) is 0 Å². The zero-order valence-corrected chi connectivity index (χ0v) is 15.0. The lowest BCUT2D eigenvalue weighted by molar-refractivity contribution is -0.139. The Labute approximate surface area is 138 Å². The molecule has 1 rings (SSSR count). The number of aromatic hydroxyl groups is 1. The van der Waals surface area contributed by atoms with Crippen LogP contribution in [0.4, 0.5) is 0 Å². The van der Waals surface area contributed by atoms with Crippen molar-refractivity contribution in [1.29, 1.82) is 0 Å². The van der Waals surface area contributed by atoms with Gasteiger partial charge in [0.1, 0.15) is 12.3 Å². The van der Waals surface area contributed by atoms with Crippen LogP contribution in [0.15, 0.2) is 12.1 Å². The molecule has 0 unspecified atom stereocenters. The summed E-state index contributed by atoms with van der Waals surface area (Å²) in [6.07, 6.45) is 0. The molecular weight excluding hydrogens is 294 g/mol. The second-order valence-electron chi connectivity index (χ2n) is 7.68. The van der Waals surface area contributed by atoms with Crippen molar-refractivity contribution in [1.82, 2.24) is 5.32 Å². The van der Waals surface area contributed by atoms with Crippen LogP contribution in [0.2, 0.25) is 0 Å². The molecule has 0 heterocycles. The lowest BCUT2D eigenvalue weighted by atomic mass is 9.78. The number of rotatable bonds is 3. The number of benzene rings is 1. The number of phenolic OH excluding ortho intramolecular Hbond substituents is 1. The normalized spacial score (nSPS) is 12.0. The summed E-state index contributed by atoms with van der Waals surface area (Å²) in [4.78, 5) is 23.5. The van der Waals surface area contributed by atoms with E-state index in [1.54, 1.807) is 12.1 Å². The maximum Gasteiger partial charge on any atom is 0.325 e. The predicted molar refractivity (Wildman–Crippen MR) is 89.9 cm³/mol. The molecule has 0 spiro atoms. The number of carbonyl (C=O) groups is 2. The number of carbonyl (C=O) groups excluding carboxylic acids is 2. The molecule has 5 heteroatoms. The van der Waals surface area contributed by atoms with Crippen molar-refractivity contribution in [3.8, 4) is 5.75 Å². The van der Waals surface area contributed by atoms with Crippen molar-refractivity contribution in [3.05, 3.63) is 28.8 Å². The fourth-order valence-corrected chi connectivity index (χ4v) is 2.24. The van der Waals surface area contributed by atoms with Gasteiger partial charge in [-0.3, -0.25) is 9.59 Å². The summed E-state index contributed by atoms with van der Waals surface area (Å²) >= 11 is 0. The van der Waals surface area contributed by atoms with Crippen molar-refractivity contribution in [2.24, 2.45) is 0 Å². The van der Waals surface area contributed by atoms with E-state index in [0.29, 0.717) is 16.7 Å². The molecule has 0 saturated carbocycles. The summed E-state index contributed by atoms with van der Waals surface area (Å²) in [5, 5.41) is 13.1. The molecule has 5 nitrogen and oxygen atoms in total. The molecular formula is C18H27NO4. The molecule has 0 aliphatic carbocycles. The van der Waals surface area contributed by atoms with E-state index >= 15 is 0 Å². The standard InChI is InChI=1S/C18H27NO4/c1-17(2,3)12-8-11(16(22)19-10-14(20)23-7)9-13(15(12)21)18(4,5)6/h8-9,21H,10H2,1-7H3,(H,19,22). The Morgan fingerprint density at radius 3 is 1.83 bits per heavy atom. The lowest BCUT2D eigenvalue weighted by Gasteiger charge is -2.28. The van der Waals surface area contributed by atoms with Crippen LogP contribution in [0.5, 0.6) is 5.75 Å². The van der Waals surface area contributed by atoms with Gasteiger partial charge in [0, 0.05) is 16.7 Å². The Balaban J connectivity index is 3.33. The predicted octanol–water partition coefficient (Wildman–Crippen LogP) is 2.89. The molecule has 0 bridgehead atoms. The third kappa shape index (κ3) is 4.71. The highest BCUT2D eigenvalue weighted by Crippen LogP contribution is 2.39. The van der Waals surface area contributed by atoms with Crippen molar-refractivity contribution in [3.63, 3.8) is 0 Å². The molecule has 0 fully saturated rings. The van der Waals surface area contributed by atoms with E-state index in [-0.39, 0.29) is 29.0 Å². The zero-order chi connectivity index (χ0) is 18.0. The number of hydrogen-bond acceptors (Lipinski definition) is 4. The first-order valence-corrected chi connectivity index (χ1v) is 7.61. The Hall–Kier alpha value is -2.04. The van der Waals surface area contributed by atoms with Crippen molar-refractivity contribution < 1.29 is 19.4 Å². The minimum atomic E-state index is -0.510. The van der Waals surface area contributed by atoms with Gasteiger partial charge in [0.25, 0.3) is 5.91 Å². The van der Waals surface area contributed by atoms with E-state index in [1.165, 1.54) is 7.11 Å². The molecule has 23 heavy (non-hydrogen) atoms. The first kappa shape index (κ1) is 19.0. The van der Waals surface area contributed by atoms with E-state index in [0.717, 1.165) is 0 Å². The molecule has 2 N–H and O–H groups in total. The highest BCUT2D eigenvalue weighted by atomic mass is 16.5. The summed E-state index contributed by atoms with van der Waals surface area (Å²) in [5.41, 5.74) is 1.19. The van der Waals surface area contributed by atoms with E-state index < -0.39 is 5.97 Å². The first-order valence-electron chi connectivity index (χ1n) is 7.61. The number of methoxy groups -OCH3 is 1. The maximum atomic E-state index is 12.3. The molecule has 128 valence electrons. The number of esters is 1. The van der Waals surface area contributed by atoms with Gasteiger partial charge in [-0.25, -0.2) is 0 Å². The van der Waals surface area contributed by atoms with Gasteiger partial charge in [-0.05, 0) is 23.0 Å². The third-order valence-corrected chi connectivity index (χ3v) is 3.61. The third-order valence-electron chi connectivity index (χ3n) is 3.61. The summed E-state index contributed by atoms with van der Waals surface area (Å²) in [7, 11) is 1.27. The van der Waals surface area contributed by atoms with E-state index in [2.05, 4.69) is 10.1 Å². The van der Waals surface area contributed by atoms with Gasteiger partial charge >= 0.3 is 5.97 Å². The van der Waals surface area contributed by atoms with Crippen LogP contribution in [-0.2, 0) is 20.4 Å². The largest absolute Gasteiger partial charge is 0.507 e. The monoisotopic (exact) mass is 321 g/mol. The fraction of sp³-hybridized carbons (Fsp3) is 0.556. The summed E-state index contributed by atoms with van der Waals surface area (Å²) in [6, 6.07) is 3.36. The Bertz CT molecular complexity index is 571. The highest BCUT2D eigenvalue weighted by Gasteiger charge is 2.27. The van der Waals surface area contributed by atoms with Crippen molar-refractivity contribution in [2.75, 3.05) is 13.7 Å². The van der Waals surface area contributed by atoms with Crippen molar-refractivity contribution >= 4 is 11.9 Å². The van der Waals surface area contributed by atoms with E-state index in [1.807, 2.05) is 41.5 Å². The Kier molecular flexibility index (Phi) is 5.46. The molecule has 0 atom stereocenters. The number of ether oxygens (including phenoxy) is 1. The lowest BCUT2D eigenvalue weighted by Crippen LogP contribution is -2.31. The van der Waals surface area contributed by atoms with Gasteiger partial charge < -0.3 is 15.2 Å². The molecule has 0 aromatic heterocycles. The molecule has 1 amide bonds. The number of amides is 1. The zero-order valence-electron chi connectivity index (χ0n) is 15.0. The Morgan fingerprint density at radius 2 is 1.48 bits per heavy atom. The molecule has 1 aromatic carbocycles. The molecule has 0 radical (unpaired) electrons. The van der Waals surface area contributed by atoms with Gasteiger partial charge in [-0.1, -0.05) is 41.5 Å². The van der Waals surface area contributed by atoms with Crippen LogP contribution in [0.1, 0.15) is 63.0 Å². The smallest absolute Gasteiger partial charge is 0.325 e. The SMILES string of the molecule is COC(=O)CNC(=O)c1cc(C(C)(C)C)c(O)c(C(C)(C)C)c1. The van der Waals surface area contributed by atoms with Crippen LogP contribution in [0.3, 0.4) is 0 Å². The van der Waals surface area contributed by atoms with Crippen LogP contribution in [0, 0.1) is 0 Å². The minimum absolute atomic E-state index is 0.189. The topological polar surface area (TPSA) is 75.6 Å². The van der Waals surface area contributed by atoms with Gasteiger partial charge in [-0.2, -0.15) is 0 Å². The average molecular weight is 321 g/mol. The fourth-order valence-electron chi connectivity index (χ4n) is 2.24.